The normalized spacial score (nSPS) is 16.4. The zero-order valence-electron chi connectivity index (χ0n) is 9.35. The highest BCUT2D eigenvalue weighted by Gasteiger charge is 2.26. The molecule has 4 heteroatoms. The summed E-state index contributed by atoms with van der Waals surface area (Å²) in [6.07, 6.45) is 3.51. The van der Waals surface area contributed by atoms with Gasteiger partial charge in [-0.2, -0.15) is 0 Å². The zero-order valence-corrected chi connectivity index (χ0v) is 10.2. The molecule has 0 spiro atoms. The van der Waals surface area contributed by atoms with Gasteiger partial charge < -0.3 is 15.6 Å². The van der Waals surface area contributed by atoms with Gasteiger partial charge in [0.2, 0.25) is 0 Å². The predicted molar refractivity (Wildman–Crippen MR) is 66.2 cm³/mol. The molecular weight excluding hydrogens is 226 g/mol. The molecule has 1 aliphatic carbocycles. The van der Waals surface area contributed by atoms with Crippen molar-refractivity contribution in [1.82, 2.24) is 0 Å². The van der Waals surface area contributed by atoms with E-state index in [9.17, 15) is 5.11 Å². The van der Waals surface area contributed by atoms with Crippen molar-refractivity contribution in [2.24, 2.45) is 11.7 Å². The molecule has 0 aromatic heterocycles. The van der Waals surface area contributed by atoms with Gasteiger partial charge >= 0.3 is 0 Å². The standard InChI is InChI=1S/C12H17NO2.ClH/c1-15-11-4-2-3-9(12(11)14)10(13)7-8-5-6-8;/h2-4,8,10,14H,5-7,13H2,1H3;1H/t10-;/m0./s1. The van der Waals surface area contributed by atoms with Gasteiger partial charge in [-0.1, -0.05) is 25.0 Å². The number of phenols is 1. The van der Waals surface area contributed by atoms with Crippen molar-refractivity contribution in [2.75, 3.05) is 7.11 Å². The molecule has 0 radical (unpaired) electrons. The average molecular weight is 244 g/mol. The second kappa shape index (κ2) is 5.41. The molecule has 1 saturated carbocycles. The topological polar surface area (TPSA) is 55.5 Å². The Morgan fingerprint density at radius 2 is 2.19 bits per heavy atom. The Kier molecular flexibility index (Phi) is 4.44. The fourth-order valence-electron chi connectivity index (χ4n) is 1.84. The van der Waals surface area contributed by atoms with Crippen LogP contribution in [-0.4, -0.2) is 12.2 Å². The quantitative estimate of drug-likeness (QED) is 0.855. The van der Waals surface area contributed by atoms with Crippen molar-refractivity contribution >= 4 is 12.4 Å². The third-order valence-electron chi connectivity index (χ3n) is 2.93. The van der Waals surface area contributed by atoms with Crippen LogP contribution in [0.25, 0.3) is 0 Å². The molecule has 2 rings (SSSR count). The van der Waals surface area contributed by atoms with Gasteiger partial charge in [-0.05, 0) is 18.4 Å². The van der Waals surface area contributed by atoms with Crippen LogP contribution in [0.3, 0.4) is 0 Å². The minimum absolute atomic E-state index is 0. The van der Waals surface area contributed by atoms with Crippen LogP contribution in [0.15, 0.2) is 18.2 Å². The molecule has 0 amide bonds. The summed E-state index contributed by atoms with van der Waals surface area (Å²) in [7, 11) is 1.55. The number of hydrogen-bond acceptors (Lipinski definition) is 3. The number of halogens is 1. The third-order valence-corrected chi connectivity index (χ3v) is 2.93. The number of rotatable bonds is 4. The van der Waals surface area contributed by atoms with Crippen molar-refractivity contribution in [3.8, 4) is 11.5 Å². The lowest BCUT2D eigenvalue weighted by Crippen LogP contribution is -2.11. The molecule has 3 N–H and O–H groups in total. The third kappa shape index (κ3) is 2.80. The number of hydrogen-bond donors (Lipinski definition) is 2. The summed E-state index contributed by atoms with van der Waals surface area (Å²) >= 11 is 0. The molecule has 0 aliphatic heterocycles. The molecule has 0 heterocycles. The Hall–Kier alpha value is -0.930. The first-order valence-corrected chi connectivity index (χ1v) is 5.33. The number of benzene rings is 1. The van der Waals surface area contributed by atoms with E-state index in [0.717, 1.165) is 17.9 Å². The Labute approximate surface area is 102 Å². The Morgan fingerprint density at radius 3 is 2.75 bits per heavy atom. The highest BCUT2D eigenvalue weighted by atomic mass is 35.5. The van der Waals surface area contributed by atoms with Crippen molar-refractivity contribution in [2.45, 2.75) is 25.3 Å². The molecule has 1 aliphatic rings. The molecule has 0 saturated heterocycles. The van der Waals surface area contributed by atoms with Crippen LogP contribution in [0.1, 0.15) is 30.9 Å². The number of aromatic hydroxyl groups is 1. The zero-order chi connectivity index (χ0) is 10.8. The molecule has 16 heavy (non-hydrogen) atoms. The first-order chi connectivity index (χ1) is 7.22. The summed E-state index contributed by atoms with van der Waals surface area (Å²) < 4.78 is 5.05. The summed E-state index contributed by atoms with van der Waals surface area (Å²) in [4.78, 5) is 0. The predicted octanol–water partition coefficient (Wildman–Crippen LogP) is 2.62. The van der Waals surface area contributed by atoms with E-state index in [0.29, 0.717) is 5.75 Å². The lowest BCUT2D eigenvalue weighted by atomic mass is 10.0. The second-order valence-corrected chi connectivity index (χ2v) is 4.18. The highest BCUT2D eigenvalue weighted by Crippen LogP contribution is 2.40. The van der Waals surface area contributed by atoms with Gasteiger partial charge in [-0.25, -0.2) is 0 Å². The van der Waals surface area contributed by atoms with Crippen LogP contribution in [0.2, 0.25) is 0 Å². The van der Waals surface area contributed by atoms with E-state index in [1.54, 1.807) is 13.2 Å². The lowest BCUT2D eigenvalue weighted by Gasteiger charge is -2.14. The summed E-state index contributed by atoms with van der Waals surface area (Å²) in [5.74, 6) is 1.44. The molecule has 0 bridgehead atoms. The van der Waals surface area contributed by atoms with E-state index in [1.165, 1.54) is 12.8 Å². The molecule has 3 nitrogen and oxygen atoms in total. The van der Waals surface area contributed by atoms with E-state index in [1.807, 2.05) is 12.1 Å². The summed E-state index contributed by atoms with van der Waals surface area (Å²) in [5, 5.41) is 9.89. The Bertz CT molecular complexity index is 353. The van der Waals surface area contributed by atoms with E-state index in [-0.39, 0.29) is 24.2 Å². The van der Waals surface area contributed by atoms with E-state index >= 15 is 0 Å². The molecule has 1 fully saturated rings. The van der Waals surface area contributed by atoms with Crippen molar-refractivity contribution in [1.29, 1.82) is 0 Å². The van der Waals surface area contributed by atoms with Gasteiger partial charge in [0.05, 0.1) is 7.11 Å². The molecule has 90 valence electrons. The number of phenolic OH excluding ortho intramolecular Hbond substituents is 1. The summed E-state index contributed by atoms with van der Waals surface area (Å²) in [6, 6.07) is 5.39. The minimum atomic E-state index is -0.0763. The van der Waals surface area contributed by atoms with Crippen molar-refractivity contribution in [3.63, 3.8) is 0 Å². The average Bonchev–Trinajstić information content (AvgIpc) is 3.02. The highest BCUT2D eigenvalue weighted by molar-refractivity contribution is 5.85. The van der Waals surface area contributed by atoms with Gasteiger partial charge in [-0.15, -0.1) is 12.4 Å². The smallest absolute Gasteiger partial charge is 0.162 e. The van der Waals surface area contributed by atoms with Crippen LogP contribution in [0.5, 0.6) is 11.5 Å². The van der Waals surface area contributed by atoms with Gasteiger partial charge in [0.1, 0.15) is 0 Å². The number of nitrogens with two attached hydrogens (primary N) is 1. The Morgan fingerprint density at radius 1 is 1.50 bits per heavy atom. The largest absolute Gasteiger partial charge is 0.504 e. The number of para-hydroxylation sites is 1. The van der Waals surface area contributed by atoms with Gasteiger partial charge in [0, 0.05) is 11.6 Å². The first kappa shape index (κ1) is 13.1. The molecule has 1 atom stereocenters. The second-order valence-electron chi connectivity index (χ2n) is 4.18. The van der Waals surface area contributed by atoms with Gasteiger partial charge in [0.25, 0.3) is 0 Å². The molecule has 1 aromatic carbocycles. The van der Waals surface area contributed by atoms with Crippen LogP contribution in [-0.2, 0) is 0 Å². The fraction of sp³-hybridized carbons (Fsp3) is 0.500. The number of methoxy groups -OCH3 is 1. The fourth-order valence-corrected chi connectivity index (χ4v) is 1.84. The van der Waals surface area contributed by atoms with E-state index in [2.05, 4.69) is 0 Å². The first-order valence-electron chi connectivity index (χ1n) is 5.33. The van der Waals surface area contributed by atoms with Crippen molar-refractivity contribution < 1.29 is 9.84 Å². The van der Waals surface area contributed by atoms with Crippen LogP contribution in [0.4, 0.5) is 0 Å². The van der Waals surface area contributed by atoms with Crippen molar-refractivity contribution in [3.05, 3.63) is 23.8 Å². The monoisotopic (exact) mass is 243 g/mol. The maximum Gasteiger partial charge on any atom is 0.162 e. The van der Waals surface area contributed by atoms with Crippen LogP contribution >= 0.6 is 12.4 Å². The minimum Gasteiger partial charge on any atom is -0.504 e. The van der Waals surface area contributed by atoms with E-state index < -0.39 is 0 Å². The van der Waals surface area contributed by atoms with Gasteiger partial charge in [0.15, 0.2) is 11.5 Å². The summed E-state index contributed by atoms with van der Waals surface area (Å²) in [6.45, 7) is 0. The van der Waals surface area contributed by atoms with Crippen LogP contribution < -0.4 is 10.5 Å². The maximum atomic E-state index is 9.89. The molecular formula is C12H18ClNO2. The number of ether oxygens (including phenoxy) is 1. The van der Waals surface area contributed by atoms with Crippen LogP contribution in [0, 0.1) is 5.92 Å². The lowest BCUT2D eigenvalue weighted by molar-refractivity contribution is 0.367. The molecule has 0 unspecified atom stereocenters. The van der Waals surface area contributed by atoms with E-state index in [4.69, 9.17) is 10.5 Å². The SMILES string of the molecule is COc1cccc([C@@H](N)CC2CC2)c1O.Cl. The molecule has 1 aromatic rings. The Balaban J connectivity index is 0.00000128. The van der Waals surface area contributed by atoms with Gasteiger partial charge in [-0.3, -0.25) is 0 Å². The summed E-state index contributed by atoms with van der Waals surface area (Å²) in [5.41, 5.74) is 6.84. The maximum absolute atomic E-state index is 9.89.